The predicted molar refractivity (Wildman–Crippen MR) is 118 cm³/mol. The summed E-state index contributed by atoms with van der Waals surface area (Å²) in [4.78, 5) is 17.1. The first-order chi connectivity index (χ1) is 14.3. The number of hydrogen-bond acceptors (Lipinski definition) is 5. The second kappa shape index (κ2) is 8.37. The van der Waals surface area contributed by atoms with Crippen molar-refractivity contribution in [3.05, 3.63) is 69.2 Å². The van der Waals surface area contributed by atoms with E-state index >= 15 is 0 Å². The van der Waals surface area contributed by atoms with E-state index in [1.54, 1.807) is 35.5 Å². The van der Waals surface area contributed by atoms with Gasteiger partial charge in [0.15, 0.2) is 0 Å². The maximum absolute atomic E-state index is 13.1. The minimum Gasteiger partial charge on any atom is -0.379 e. The van der Waals surface area contributed by atoms with Gasteiger partial charge < -0.3 is 5.32 Å². The van der Waals surface area contributed by atoms with Crippen LogP contribution in [0.25, 0.3) is 5.65 Å². The second-order valence-corrected chi connectivity index (χ2v) is 9.80. The number of pyridine rings is 1. The number of benzene rings is 1. The average molecular weight is 447 g/mol. The molecule has 2 aromatic heterocycles. The molecular formula is C21H23ClN4O3S. The highest BCUT2D eigenvalue weighted by molar-refractivity contribution is 7.89. The van der Waals surface area contributed by atoms with E-state index in [1.165, 1.54) is 16.7 Å². The van der Waals surface area contributed by atoms with Crippen molar-refractivity contribution in [1.29, 1.82) is 0 Å². The van der Waals surface area contributed by atoms with Crippen LogP contribution in [0.4, 0.5) is 5.69 Å². The number of halogens is 1. The summed E-state index contributed by atoms with van der Waals surface area (Å²) in [7, 11) is -3.53. The van der Waals surface area contributed by atoms with Gasteiger partial charge in [0.05, 0.1) is 22.2 Å². The SMILES string of the molecule is Cc1ccc(NCc2cc(=O)n3cc(Cl)ccc3n2)cc1S(=O)(=O)N1CCCCC1. The molecule has 0 radical (unpaired) electrons. The van der Waals surface area contributed by atoms with E-state index in [0.29, 0.717) is 52.1 Å². The zero-order chi connectivity index (χ0) is 21.3. The summed E-state index contributed by atoms with van der Waals surface area (Å²) in [6.07, 6.45) is 4.38. The van der Waals surface area contributed by atoms with Gasteiger partial charge in [-0.05, 0) is 49.6 Å². The fraction of sp³-hybridized carbons (Fsp3) is 0.333. The lowest BCUT2D eigenvalue weighted by molar-refractivity contribution is 0.346. The Morgan fingerprint density at radius 1 is 1.10 bits per heavy atom. The van der Waals surface area contributed by atoms with Crippen LogP contribution < -0.4 is 10.9 Å². The zero-order valence-corrected chi connectivity index (χ0v) is 18.2. The van der Waals surface area contributed by atoms with Crippen LogP contribution in [-0.2, 0) is 16.6 Å². The van der Waals surface area contributed by atoms with E-state index in [0.717, 1.165) is 19.3 Å². The normalized spacial score (nSPS) is 15.4. The van der Waals surface area contributed by atoms with E-state index in [-0.39, 0.29) is 5.56 Å². The Morgan fingerprint density at radius 2 is 1.87 bits per heavy atom. The minimum atomic E-state index is -3.53. The van der Waals surface area contributed by atoms with E-state index in [9.17, 15) is 13.2 Å². The molecule has 1 aliphatic heterocycles. The van der Waals surface area contributed by atoms with Crippen LogP contribution in [0.3, 0.4) is 0 Å². The van der Waals surface area contributed by atoms with E-state index in [1.807, 2.05) is 6.07 Å². The molecule has 1 saturated heterocycles. The fourth-order valence-electron chi connectivity index (χ4n) is 3.64. The molecule has 3 heterocycles. The number of piperidine rings is 1. The molecule has 0 unspecified atom stereocenters. The molecule has 0 amide bonds. The molecule has 7 nitrogen and oxygen atoms in total. The molecule has 1 aromatic carbocycles. The summed E-state index contributed by atoms with van der Waals surface area (Å²) in [5.74, 6) is 0. The van der Waals surface area contributed by atoms with Crippen LogP contribution in [0.5, 0.6) is 0 Å². The van der Waals surface area contributed by atoms with Gasteiger partial charge >= 0.3 is 0 Å². The van der Waals surface area contributed by atoms with Crippen molar-refractivity contribution < 1.29 is 8.42 Å². The number of sulfonamides is 1. The highest BCUT2D eigenvalue weighted by Crippen LogP contribution is 2.26. The highest BCUT2D eigenvalue weighted by atomic mass is 35.5. The Hall–Kier alpha value is -2.42. The third-order valence-corrected chi connectivity index (χ3v) is 7.54. The van der Waals surface area contributed by atoms with Gasteiger partial charge in [0.25, 0.3) is 5.56 Å². The molecule has 0 spiro atoms. The molecule has 1 fully saturated rings. The summed E-state index contributed by atoms with van der Waals surface area (Å²) >= 11 is 5.94. The monoisotopic (exact) mass is 446 g/mol. The number of anilines is 1. The van der Waals surface area contributed by atoms with Gasteiger partial charge in [-0.3, -0.25) is 9.20 Å². The van der Waals surface area contributed by atoms with Crippen molar-refractivity contribution >= 4 is 33.0 Å². The third-order valence-electron chi connectivity index (χ3n) is 5.27. The van der Waals surface area contributed by atoms with Crippen LogP contribution in [-0.4, -0.2) is 35.2 Å². The topological polar surface area (TPSA) is 83.8 Å². The van der Waals surface area contributed by atoms with E-state index < -0.39 is 10.0 Å². The number of nitrogens with one attached hydrogen (secondary N) is 1. The molecule has 0 atom stereocenters. The maximum Gasteiger partial charge on any atom is 0.258 e. The third kappa shape index (κ3) is 4.21. The molecule has 30 heavy (non-hydrogen) atoms. The molecule has 0 aliphatic carbocycles. The average Bonchev–Trinajstić information content (AvgIpc) is 2.74. The van der Waals surface area contributed by atoms with Gasteiger partial charge in [0.1, 0.15) is 5.65 Å². The van der Waals surface area contributed by atoms with Crippen molar-refractivity contribution in [2.45, 2.75) is 37.6 Å². The van der Waals surface area contributed by atoms with Crippen molar-refractivity contribution in [1.82, 2.24) is 13.7 Å². The smallest absolute Gasteiger partial charge is 0.258 e. The van der Waals surface area contributed by atoms with Crippen LogP contribution in [0.15, 0.2) is 52.3 Å². The molecular weight excluding hydrogens is 424 g/mol. The lowest BCUT2D eigenvalue weighted by Gasteiger charge is -2.26. The Balaban J connectivity index is 1.57. The summed E-state index contributed by atoms with van der Waals surface area (Å²) < 4.78 is 29.1. The van der Waals surface area contributed by atoms with Gasteiger partial charge in [-0.25, -0.2) is 13.4 Å². The number of fused-ring (bicyclic) bond motifs is 1. The summed E-state index contributed by atoms with van der Waals surface area (Å²) in [5, 5.41) is 3.64. The fourth-order valence-corrected chi connectivity index (χ4v) is 5.57. The van der Waals surface area contributed by atoms with Gasteiger partial charge in [-0.2, -0.15) is 4.31 Å². The first kappa shape index (κ1) is 20.8. The lowest BCUT2D eigenvalue weighted by atomic mass is 10.2. The number of nitrogens with zero attached hydrogens (tertiary/aromatic N) is 3. The summed E-state index contributed by atoms with van der Waals surface area (Å²) in [5.41, 5.74) is 2.21. The second-order valence-electron chi connectivity index (χ2n) is 7.46. The predicted octanol–water partition coefficient (Wildman–Crippen LogP) is 3.44. The quantitative estimate of drug-likeness (QED) is 0.649. The Labute approximate surface area is 180 Å². The number of rotatable bonds is 5. The zero-order valence-electron chi connectivity index (χ0n) is 16.6. The number of aromatic nitrogens is 2. The molecule has 0 bridgehead atoms. The summed E-state index contributed by atoms with van der Waals surface area (Å²) in [6.45, 7) is 3.22. The van der Waals surface area contributed by atoms with Crippen LogP contribution in [0.1, 0.15) is 30.5 Å². The largest absolute Gasteiger partial charge is 0.379 e. The van der Waals surface area contributed by atoms with Crippen molar-refractivity contribution in [3.8, 4) is 0 Å². The lowest BCUT2D eigenvalue weighted by Crippen LogP contribution is -2.36. The van der Waals surface area contributed by atoms with E-state index in [2.05, 4.69) is 10.3 Å². The van der Waals surface area contributed by atoms with Crippen molar-refractivity contribution in [2.24, 2.45) is 0 Å². The van der Waals surface area contributed by atoms with Gasteiger partial charge in [0.2, 0.25) is 10.0 Å². The number of hydrogen-bond donors (Lipinski definition) is 1. The van der Waals surface area contributed by atoms with Gasteiger partial charge in [-0.1, -0.05) is 24.1 Å². The maximum atomic E-state index is 13.1. The van der Waals surface area contributed by atoms with Crippen LogP contribution >= 0.6 is 11.6 Å². The molecule has 1 aliphatic rings. The number of aryl methyl sites for hydroxylation is 1. The molecule has 9 heteroatoms. The standard InChI is InChI=1S/C21H23ClN4O3S/c1-15-5-7-17(11-19(15)30(28,29)25-9-3-2-4-10-25)23-13-18-12-21(27)26-14-16(22)6-8-20(26)24-18/h5-8,11-12,14,23H,2-4,9-10,13H2,1H3. The van der Waals surface area contributed by atoms with Crippen molar-refractivity contribution in [2.75, 3.05) is 18.4 Å². The van der Waals surface area contributed by atoms with Crippen molar-refractivity contribution in [3.63, 3.8) is 0 Å². The van der Waals surface area contributed by atoms with Gasteiger partial charge in [-0.15, -0.1) is 0 Å². The Kier molecular flexibility index (Phi) is 5.81. The minimum absolute atomic E-state index is 0.225. The molecule has 3 aromatic rings. The van der Waals surface area contributed by atoms with E-state index in [4.69, 9.17) is 11.6 Å². The Bertz CT molecular complexity index is 1250. The highest BCUT2D eigenvalue weighted by Gasteiger charge is 2.27. The first-order valence-corrected chi connectivity index (χ1v) is 11.7. The molecule has 158 valence electrons. The summed E-state index contributed by atoms with van der Waals surface area (Å²) in [6, 6.07) is 10.1. The first-order valence-electron chi connectivity index (χ1n) is 9.87. The molecule has 1 N–H and O–H groups in total. The van der Waals surface area contributed by atoms with Gasteiger partial charge in [0, 0.05) is 31.0 Å². The molecule has 4 rings (SSSR count). The van der Waals surface area contributed by atoms with Crippen LogP contribution in [0, 0.1) is 6.92 Å². The molecule has 0 saturated carbocycles. The van der Waals surface area contributed by atoms with Crippen LogP contribution in [0.2, 0.25) is 5.02 Å². The Morgan fingerprint density at radius 3 is 2.63 bits per heavy atom.